The Kier molecular flexibility index (Phi) is 7.06. The summed E-state index contributed by atoms with van der Waals surface area (Å²) in [6.07, 6.45) is 3.57. The van der Waals surface area contributed by atoms with Gasteiger partial charge in [-0.3, -0.25) is 19.9 Å². The van der Waals surface area contributed by atoms with Gasteiger partial charge in [0.05, 0.1) is 5.92 Å². The molecule has 0 radical (unpaired) electrons. The molecule has 6 nitrogen and oxygen atoms in total. The van der Waals surface area contributed by atoms with E-state index in [2.05, 4.69) is 40.0 Å². The molecule has 4 atom stereocenters. The van der Waals surface area contributed by atoms with E-state index < -0.39 is 5.92 Å². The fourth-order valence-corrected chi connectivity index (χ4v) is 4.38. The first kappa shape index (κ1) is 20.4. The molecule has 0 saturated carbocycles. The molecule has 0 aliphatic carbocycles. The van der Waals surface area contributed by atoms with Crippen molar-refractivity contribution in [2.24, 2.45) is 5.92 Å². The van der Waals surface area contributed by atoms with Crippen LogP contribution in [0.5, 0.6) is 0 Å². The van der Waals surface area contributed by atoms with E-state index in [1.165, 1.54) is 5.56 Å². The second kappa shape index (κ2) is 9.71. The van der Waals surface area contributed by atoms with Gasteiger partial charge in [-0.25, -0.2) is 0 Å². The van der Waals surface area contributed by atoms with Crippen molar-refractivity contribution in [3.8, 4) is 0 Å². The lowest BCUT2D eigenvalue weighted by Gasteiger charge is -2.36. The Morgan fingerprint density at radius 3 is 2.71 bits per heavy atom. The minimum absolute atomic E-state index is 0.0828. The van der Waals surface area contributed by atoms with Crippen molar-refractivity contribution < 1.29 is 9.59 Å². The van der Waals surface area contributed by atoms with Crippen LogP contribution >= 0.6 is 11.8 Å². The molecule has 1 aliphatic rings. The van der Waals surface area contributed by atoms with Crippen molar-refractivity contribution in [1.82, 2.24) is 20.9 Å². The van der Waals surface area contributed by atoms with Crippen LogP contribution in [0.4, 0.5) is 0 Å². The number of carbonyl (C=O) groups is 2. The first-order chi connectivity index (χ1) is 13.5. The fraction of sp³-hybridized carbons (Fsp3) is 0.381. The lowest BCUT2D eigenvalue weighted by Crippen LogP contribution is -2.59. The van der Waals surface area contributed by atoms with Gasteiger partial charge in [0, 0.05) is 36.7 Å². The standard InChI is InChI=1S/C21H26N4O2S/c1-14-18(11-19(26)23-13-16-7-6-10-22-12-16)20(27)25-21(24-14)28-15(2)17-8-4-3-5-9-17/h3-10,12,14-15,18,21,24H,11,13H2,1-2H3,(H,23,26)(H,25,27). The minimum Gasteiger partial charge on any atom is -0.352 e. The highest BCUT2D eigenvalue weighted by Gasteiger charge is 2.35. The molecule has 1 aromatic heterocycles. The summed E-state index contributed by atoms with van der Waals surface area (Å²) in [4.78, 5) is 28.9. The zero-order valence-electron chi connectivity index (χ0n) is 16.1. The van der Waals surface area contributed by atoms with E-state index in [1.807, 2.05) is 37.3 Å². The summed E-state index contributed by atoms with van der Waals surface area (Å²) in [5.41, 5.74) is 1.97. The van der Waals surface area contributed by atoms with Crippen LogP contribution in [0.25, 0.3) is 0 Å². The molecular formula is C21H26N4O2S. The SMILES string of the molecule is CC(SC1NC(=O)C(CC(=O)NCc2cccnc2)C(C)N1)c1ccccc1. The molecule has 7 heteroatoms. The van der Waals surface area contributed by atoms with Crippen LogP contribution in [0.2, 0.25) is 0 Å². The number of nitrogens with one attached hydrogen (secondary N) is 3. The third-order valence-electron chi connectivity index (χ3n) is 4.85. The van der Waals surface area contributed by atoms with E-state index >= 15 is 0 Å². The summed E-state index contributed by atoms with van der Waals surface area (Å²) in [6, 6.07) is 13.8. The van der Waals surface area contributed by atoms with Gasteiger partial charge >= 0.3 is 0 Å². The number of amides is 2. The zero-order chi connectivity index (χ0) is 19.9. The summed E-state index contributed by atoms with van der Waals surface area (Å²) in [5.74, 6) is -0.611. The third kappa shape index (κ3) is 5.56. The van der Waals surface area contributed by atoms with Crippen LogP contribution in [0.1, 0.15) is 36.6 Å². The first-order valence-corrected chi connectivity index (χ1v) is 10.4. The minimum atomic E-state index is -0.391. The monoisotopic (exact) mass is 398 g/mol. The van der Waals surface area contributed by atoms with Gasteiger partial charge in [0.2, 0.25) is 11.8 Å². The van der Waals surface area contributed by atoms with Crippen LogP contribution < -0.4 is 16.0 Å². The molecule has 3 rings (SSSR count). The normalized spacial score (nSPS) is 22.9. The number of hydrogen-bond donors (Lipinski definition) is 3. The second-order valence-electron chi connectivity index (χ2n) is 6.98. The van der Waals surface area contributed by atoms with Gasteiger partial charge in [-0.1, -0.05) is 36.4 Å². The summed E-state index contributed by atoms with van der Waals surface area (Å²) in [5, 5.41) is 9.52. The van der Waals surface area contributed by atoms with Crippen LogP contribution in [0.3, 0.4) is 0 Å². The molecule has 1 fully saturated rings. The number of thioether (sulfide) groups is 1. The molecule has 2 amide bonds. The van der Waals surface area contributed by atoms with Gasteiger partial charge in [0.1, 0.15) is 5.50 Å². The van der Waals surface area contributed by atoms with Crippen molar-refractivity contribution in [2.75, 3.05) is 0 Å². The van der Waals surface area contributed by atoms with Crippen molar-refractivity contribution in [1.29, 1.82) is 0 Å². The maximum absolute atomic E-state index is 12.6. The van der Waals surface area contributed by atoms with Crippen molar-refractivity contribution in [3.05, 3.63) is 66.0 Å². The molecule has 148 valence electrons. The molecule has 1 aromatic carbocycles. The van der Waals surface area contributed by atoms with Gasteiger partial charge in [-0.05, 0) is 31.0 Å². The lowest BCUT2D eigenvalue weighted by molar-refractivity contribution is -0.133. The van der Waals surface area contributed by atoms with Crippen LogP contribution in [0.15, 0.2) is 54.9 Å². The molecule has 0 bridgehead atoms. The predicted molar refractivity (Wildman–Crippen MR) is 111 cm³/mol. The maximum Gasteiger partial charge on any atom is 0.227 e. The van der Waals surface area contributed by atoms with Crippen molar-refractivity contribution in [2.45, 2.75) is 43.6 Å². The number of rotatable bonds is 7. The van der Waals surface area contributed by atoms with E-state index in [1.54, 1.807) is 24.2 Å². The molecular weight excluding hydrogens is 372 g/mol. The lowest BCUT2D eigenvalue weighted by atomic mass is 9.94. The molecule has 4 unspecified atom stereocenters. The summed E-state index contributed by atoms with van der Waals surface area (Å²) in [7, 11) is 0. The highest BCUT2D eigenvalue weighted by atomic mass is 32.2. The summed E-state index contributed by atoms with van der Waals surface area (Å²) >= 11 is 1.66. The Bertz CT molecular complexity index is 788. The molecule has 28 heavy (non-hydrogen) atoms. The quantitative estimate of drug-likeness (QED) is 0.668. The van der Waals surface area contributed by atoms with E-state index in [-0.39, 0.29) is 35.0 Å². The zero-order valence-corrected chi connectivity index (χ0v) is 16.9. The number of hydrogen-bond acceptors (Lipinski definition) is 5. The Labute approximate surface area is 169 Å². The van der Waals surface area contributed by atoms with Gasteiger partial charge < -0.3 is 10.6 Å². The highest BCUT2D eigenvalue weighted by molar-refractivity contribution is 8.00. The van der Waals surface area contributed by atoms with E-state index in [0.717, 1.165) is 5.56 Å². The highest BCUT2D eigenvalue weighted by Crippen LogP contribution is 2.31. The van der Waals surface area contributed by atoms with Crippen LogP contribution in [-0.4, -0.2) is 28.3 Å². The van der Waals surface area contributed by atoms with Crippen molar-refractivity contribution in [3.63, 3.8) is 0 Å². The molecule has 1 saturated heterocycles. The van der Waals surface area contributed by atoms with Crippen molar-refractivity contribution >= 4 is 23.6 Å². The number of nitrogens with zero attached hydrogens (tertiary/aromatic N) is 1. The van der Waals surface area contributed by atoms with Gasteiger partial charge in [0.15, 0.2) is 0 Å². The predicted octanol–water partition coefficient (Wildman–Crippen LogP) is 2.59. The van der Waals surface area contributed by atoms with E-state index in [9.17, 15) is 9.59 Å². The topological polar surface area (TPSA) is 83.1 Å². The number of carbonyl (C=O) groups excluding carboxylic acids is 2. The number of aromatic nitrogens is 1. The van der Waals surface area contributed by atoms with Crippen LogP contribution in [-0.2, 0) is 16.1 Å². The largest absolute Gasteiger partial charge is 0.352 e. The second-order valence-corrected chi connectivity index (χ2v) is 8.43. The maximum atomic E-state index is 12.6. The molecule has 2 aromatic rings. The molecule has 0 spiro atoms. The molecule has 3 N–H and O–H groups in total. The van der Waals surface area contributed by atoms with E-state index in [4.69, 9.17) is 0 Å². The number of benzene rings is 1. The van der Waals surface area contributed by atoms with Crippen LogP contribution in [0, 0.1) is 5.92 Å². The average molecular weight is 399 g/mol. The summed E-state index contributed by atoms with van der Waals surface area (Å²) < 4.78 is 0. The fourth-order valence-electron chi connectivity index (χ4n) is 3.18. The number of pyridine rings is 1. The molecule has 1 aliphatic heterocycles. The Morgan fingerprint density at radius 2 is 2.04 bits per heavy atom. The van der Waals surface area contributed by atoms with Gasteiger partial charge in [-0.2, -0.15) is 0 Å². The average Bonchev–Trinajstić information content (AvgIpc) is 2.70. The molecule has 2 heterocycles. The van der Waals surface area contributed by atoms with E-state index in [0.29, 0.717) is 6.54 Å². The summed E-state index contributed by atoms with van der Waals surface area (Å²) in [6.45, 7) is 4.49. The van der Waals surface area contributed by atoms with Gasteiger partial charge in [-0.15, -0.1) is 11.8 Å². The first-order valence-electron chi connectivity index (χ1n) is 9.45. The van der Waals surface area contributed by atoms with Gasteiger partial charge in [0.25, 0.3) is 0 Å². The smallest absolute Gasteiger partial charge is 0.227 e. The Hall–Kier alpha value is -2.38. The Balaban J connectivity index is 1.49. The Morgan fingerprint density at radius 1 is 1.25 bits per heavy atom. The third-order valence-corrected chi connectivity index (χ3v) is 6.06.